The summed E-state index contributed by atoms with van der Waals surface area (Å²) in [4.78, 5) is 24.4. The second-order valence-corrected chi connectivity index (χ2v) is 4.57. The molecular formula is C13H17N3O3. The summed E-state index contributed by atoms with van der Waals surface area (Å²) in [6, 6.07) is 5.93. The highest BCUT2D eigenvalue weighted by Crippen LogP contribution is 2.14. The molecule has 1 N–H and O–H groups in total. The number of carbonyl (C=O) groups excluding carboxylic acids is 1. The number of nitrogens with one attached hydrogen (secondary N) is 1. The van der Waals surface area contributed by atoms with Crippen molar-refractivity contribution >= 4 is 11.5 Å². The molecular weight excluding hydrogens is 246 g/mol. The van der Waals surface area contributed by atoms with Gasteiger partial charge >= 0.3 is 0 Å². The lowest BCUT2D eigenvalue weighted by Crippen LogP contribution is -2.44. The molecule has 1 heterocycles. The van der Waals surface area contributed by atoms with Gasteiger partial charge in [-0.2, -0.15) is 0 Å². The normalized spacial score (nSPS) is 16.2. The summed E-state index contributed by atoms with van der Waals surface area (Å²) in [5.41, 5.74) is 0.386. The zero-order chi connectivity index (χ0) is 13.7. The van der Waals surface area contributed by atoms with Crippen molar-refractivity contribution in [1.82, 2.24) is 10.2 Å². The number of hydrogen-bond acceptors (Lipinski definition) is 5. The molecule has 0 amide bonds. The van der Waals surface area contributed by atoms with Crippen molar-refractivity contribution in [3.63, 3.8) is 0 Å². The fourth-order valence-corrected chi connectivity index (χ4v) is 2.13. The number of nitrogens with zero attached hydrogens (tertiary/aromatic N) is 2. The van der Waals surface area contributed by atoms with Crippen LogP contribution in [0.4, 0.5) is 5.69 Å². The summed E-state index contributed by atoms with van der Waals surface area (Å²) in [5, 5.41) is 13.9. The minimum atomic E-state index is -0.479. The zero-order valence-electron chi connectivity index (χ0n) is 10.7. The predicted octanol–water partition coefficient (Wildman–Crippen LogP) is 1.07. The Hall–Kier alpha value is -1.79. The molecule has 6 heteroatoms. The van der Waals surface area contributed by atoms with Gasteiger partial charge in [0.25, 0.3) is 5.69 Å². The third-order valence-corrected chi connectivity index (χ3v) is 3.24. The molecule has 0 spiro atoms. The number of rotatable bonds is 5. The molecule has 102 valence electrons. The molecule has 1 aromatic rings. The second-order valence-electron chi connectivity index (χ2n) is 4.57. The van der Waals surface area contributed by atoms with Gasteiger partial charge in [0, 0.05) is 56.8 Å². The van der Waals surface area contributed by atoms with Crippen molar-refractivity contribution in [3.05, 3.63) is 39.9 Å². The van der Waals surface area contributed by atoms with Crippen molar-refractivity contribution in [3.8, 4) is 0 Å². The maximum absolute atomic E-state index is 12.0. The van der Waals surface area contributed by atoms with Crippen molar-refractivity contribution in [2.24, 2.45) is 0 Å². The largest absolute Gasteiger partial charge is 0.314 e. The van der Waals surface area contributed by atoms with Crippen LogP contribution in [-0.2, 0) is 0 Å². The first-order valence-electron chi connectivity index (χ1n) is 6.37. The van der Waals surface area contributed by atoms with Crippen LogP contribution in [0.3, 0.4) is 0 Å². The highest BCUT2D eigenvalue weighted by molar-refractivity contribution is 5.96. The number of piperazine rings is 1. The van der Waals surface area contributed by atoms with Crippen LogP contribution in [0, 0.1) is 10.1 Å². The van der Waals surface area contributed by atoms with Gasteiger partial charge in [-0.1, -0.05) is 12.1 Å². The molecule has 0 aromatic heterocycles. The fourth-order valence-electron chi connectivity index (χ4n) is 2.13. The molecule has 19 heavy (non-hydrogen) atoms. The Labute approximate surface area is 111 Å². The standard InChI is InChI=1S/C13H17N3O3/c17-13(4-7-15-8-5-14-6-9-15)11-2-1-3-12(10-11)16(18)19/h1-3,10,14H,4-9H2. The Bertz CT molecular complexity index is 470. The van der Waals surface area contributed by atoms with Crippen molar-refractivity contribution in [2.45, 2.75) is 6.42 Å². The van der Waals surface area contributed by atoms with Crippen LogP contribution in [-0.4, -0.2) is 48.3 Å². The summed E-state index contributed by atoms with van der Waals surface area (Å²) in [6.45, 7) is 4.50. The number of nitro groups is 1. The fraction of sp³-hybridized carbons (Fsp3) is 0.462. The smallest absolute Gasteiger partial charge is 0.270 e. The van der Waals surface area contributed by atoms with E-state index in [0.29, 0.717) is 18.5 Å². The topological polar surface area (TPSA) is 75.5 Å². The molecule has 1 aromatic carbocycles. The van der Waals surface area contributed by atoms with Crippen LogP contribution in [0.25, 0.3) is 0 Å². The zero-order valence-corrected chi connectivity index (χ0v) is 10.7. The van der Waals surface area contributed by atoms with E-state index in [-0.39, 0.29) is 11.5 Å². The van der Waals surface area contributed by atoms with Crippen LogP contribution in [0.15, 0.2) is 24.3 Å². The second kappa shape index (κ2) is 6.40. The van der Waals surface area contributed by atoms with Gasteiger partial charge in [0.05, 0.1) is 4.92 Å². The van der Waals surface area contributed by atoms with E-state index in [1.54, 1.807) is 12.1 Å². The average molecular weight is 263 g/mol. The molecule has 0 bridgehead atoms. The van der Waals surface area contributed by atoms with Gasteiger partial charge in [0.2, 0.25) is 0 Å². The van der Waals surface area contributed by atoms with Crippen molar-refractivity contribution in [2.75, 3.05) is 32.7 Å². The van der Waals surface area contributed by atoms with E-state index < -0.39 is 4.92 Å². The van der Waals surface area contributed by atoms with Crippen LogP contribution in [0.1, 0.15) is 16.8 Å². The maximum atomic E-state index is 12.0. The first-order valence-corrected chi connectivity index (χ1v) is 6.37. The minimum absolute atomic E-state index is 0.0342. The Balaban J connectivity index is 1.92. The lowest BCUT2D eigenvalue weighted by Gasteiger charge is -2.26. The Morgan fingerprint density at radius 3 is 2.79 bits per heavy atom. The molecule has 0 aliphatic carbocycles. The first kappa shape index (κ1) is 13.6. The van der Waals surface area contributed by atoms with Crippen molar-refractivity contribution < 1.29 is 9.72 Å². The highest BCUT2D eigenvalue weighted by atomic mass is 16.6. The SMILES string of the molecule is O=C(CCN1CCNCC1)c1cccc([N+](=O)[O-])c1. The molecule has 0 radical (unpaired) electrons. The number of ketones is 1. The summed E-state index contributed by atoms with van der Waals surface area (Å²) in [5.74, 6) is -0.0396. The van der Waals surface area contributed by atoms with E-state index in [9.17, 15) is 14.9 Å². The summed E-state index contributed by atoms with van der Waals surface area (Å²) in [7, 11) is 0. The van der Waals surface area contributed by atoms with Crippen LogP contribution in [0.2, 0.25) is 0 Å². The Morgan fingerprint density at radius 1 is 1.37 bits per heavy atom. The maximum Gasteiger partial charge on any atom is 0.270 e. The lowest BCUT2D eigenvalue weighted by atomic mass is 10.1. The van der Waals surface area contributed by atoms with Crippen LogP contribution >= 0.6 is 0 Å². The average Bonchev–Trinajstić information content (AvgIpc) is 2.46. The van der Waals surface area contributed by atoms with E-state index >= 15 is 0 Å². The van der Waals surface area contributed by atoms with Gasteiger partial charge in [0.1, 0.15) is 0 Å². The summed E-state index contributed by atoms with van der Waals surface area (Å²) < 4.78 is 0. The number of benzene rings is 1. The Morgan fingerprint density at radius 2 is 2.11 bits per heavy atom. The third kappa shape index (κ3) is 3.84. The molecule has 1 aliphatic heterocycles. The number of carbonyl (C=O) groups is 1. The highest BCUT2D eigenvalue weighted by Gasteiger charge is 2.14. The number of non-ortho nitro benzene ring substituents is 1. The van der Waals surface area contributed by atoms with Gasteiger partial charge in [-0.05, 0) is 0 Å². The predicted molar refractivity (Wildman–Crippen MR) is 71.4 cm³/mol. The van der Waals surface area contributed by atoms with E-state index in [1.807, 2.05) is 0 Å². The molecule has 6 nitrogen and oxygen atoms in total. The van der Waals surface area contributed by atoms with Gasteiger partial charge in [0.15, 0.2) is 5.78 Å². The molecule has 1 aliphatic rings. The molecule has 1 saturated heterocycles. The van der Waals surface area contributed by atoms with Gasteiger partial charge in [-0.25, -0.2) is 0 Å². The van der Waals surface area contributed by atoms with Crippen LogP contribution in [0.5, 0.6) is 0 Å². The van der Waals surface area contributed by atoms with E-state index in [1.165, 1.54) is 12.1 Å². The molecule has 0 unspecified atom stereocenters. The quantitative estimate of drug-likeness (QED) is 0.488. The molecule has 0 atom stereocenters. The molecule has 0 saturated carbocycles. The summed E-state index contributed by atoms with van der Waals surface area (Å²) in [6.07, 6.45) is 0.404. The molecule has 2 rings (SSSR count). The number of Topliss-reactive ketones (excluding diaryl/α,β-unsaturated/α-hetero) is 1. The minimum Gasteiger partial charge on any atom is -0.314 e. The van der Waals surface area contributed by atoms with Gasteiger partial charge in [-0.3, -0.25) is 14.9 Å². The lowest BCUT2D eigenvalue weighted by molar-refractivity contribution is -0.384. The summed E-state index contributed by atoms with van der Waals surface area (Å²) >= 11 is 0. The Kier molecular flexibility index (Phi) is 4.59. The first-order chi connectivity index (χ1) is 9.16. The van der Waals surface area contributed by atoms with Gasteiger partial charge in [-0.15, -0.1) is 0 Å². The van der Waals surface area contributed by atoms with Gasteiger partial charge < -0.3 is 10.2 Å². The third-order valence-electron chi connectivity index (χ3n) is 3.24. The number of nitro benzene ring substituents is 1. The van der Waals surface area contributed by atoms with E-state index in [2.05, 4.69) is 10.2 Å². The van der Waals surface area contributed by atoms with Crippen LogP contribution < -0.4 is 5.32 Å². The monoisotopic (exact) mass is 263 g/mol. The van der Waals surface area contributed by atoms with E-state index in [0.717, 1.165) is 26.2 Å². The van der Waals surface area contributed by atoms with Crippen molar-refractivity contribution in [1.29, 1.82) is 0 Å². The number of hydrogen-bond donors (Lipinski definition) is 1. The van der Waals surface area contributed by atoms with E-state index in [4.69, 9.17) is 0 Å². The molecule has 1 fully saturated rings.